The summed E-state index contributed by atoms with van der Waals surface area (Å²) in [5.74, 6) is 1.90. The molecule has 4 heteroatoms. The van der Waals surface area contributed by atoms with Crippen molar-refractivity contribution >= 4 is 17.7 Å². The first-order valence-electron chi connectivity index (χ1n) is 10.4. The first-order valence-corrected chi connectivity index (χ1v) is 11.5. The van der Waals surface area contributed by atoms with E-state index in [1.165, 1.54) is 63.6 Å². The summed E-state index contributed by atoms with van der Waals surface area (Å²) < 4.78 is 0. The molecule has 1 saturated heterocycles. The number of nitrogens with zero attached hydrogens (tertiary/aromatic N) is 1. The largest absolute Gasteiger partial charge is 0.351 e. The van der Waals surface area contributed by atoms with E-state index < -0.39 is 0 Å². The lowest BCUT2D eigenvalue weighted by atomic mass is 9.99. The van der Waals surface area contributed by atoms with Gasteiger partial charge >= 0.3 is 0 Å². The maximum atomic E-state index is 12.3. The predicted octanol–water partition coefficient (Wildman–Crippen LogP) is 4.71. The molecular weight excluding hydrogens is 340 g/mol. The van der Waals surface area contributed by atoms with Crippen molar-refractivity contribution in [1.82, 2.24) is 10.2 Å². The van der Waals surface area contributed by atoms with Gasteiger partial charge in [-0.15, -0.1) is 0 Å². The van der Waals surface area contributed by atoms with Gasteiger partial charge in [0.1, 0.15) is 0 Å². The summed E-state index contributed by atoms with van der Waals surface area (Å²) in [6, 6.07) is 8.19. The molecule has 1 aromatic carbocycles. The summed E-state index contributed by atoms with van der Waals surface area (Å²) in [7, 11) is 0. The molecule has 144 valence electrons. The molecule has 2 aliphatic rings. The Bertz CT molecular complexity index is 554. The number of carbonyl (C=O) groups excluding carboxylic acids is 1. The zero-order valence-corrected chi connectivity index (χ0v) is 17.0. The van der Waals surface area contributed by atoms with Gasteiger partial charge in [0.15, 0.2) is 0 Å². The van der Waals surface area contributed by atoms with Gasteiger partial charge in [-0.3, -0.25) is 9.69 Å². The Labute approximate surface area is 163 Å². The first-order chi connectivity index (χ1) is 12.7. The summed E-state index contributed by atoms with van der Waals surface area (Å²) in [4.78, 5) is 14.8. The van der Waals surface area contributed by atoms with Gasteiger partial charge in [0.05, 0.1) is 0 Å². The lowest BCUT2D eigenvalue weighted by molar-refractivity contribution is 0.0956. The molecule has 1 heterocycles. The van der Waals surface area contributed by atoms with Crippen LogP contribution < -0.4 is 5.32 Å². The topological polar surface area (TPSA) is 32.3 Å². The van der Waals surface area contributed by atoms with E-state index in [9.17, 15) is 4.79 Å². The Hall–Kier alpha value is -1.00. The number of benzene rings is 1. The number of amides is 1. The summed E-state index contributed by atoms with van der Waals surface area (Å²) in [6.07, 6.45) is 9.54. The average molecular weight is 375 g/mol. The smallest absolute Gasteiger partial charge is 0.251 e. The number of nitrogens with one attached hydrogen (secondary N) is 1. The molecule has 2 fully saturated rings. The van der Waals surface area contributed by atoms with Gasteiger partial charge < -0.3 is 5.32 Å². The highest BCUT2D eigenvalue weighted by atomic mass is 32.2. The van der Waals surface area contributed by atoms with Gasteiger partial charge in [0, 0.05) is 36.2 Å². The van der Waals surface area contributed by atoms with Gasteiger partial charge in [0.2, 0.25) is 0 Å². The second-order valence-electron chi connectivity index (χ2n) is 8.07. The van der Waals surface area contributed by atoms with Crippen molar-refractivity contribution in [3.8, 4) is 0 Å². The highest BCUT2D eigenvalue weighted by Gasteiger charge is 2.16. The van der Waals surface area contributed by atoms with Crippen molar-refractivity contribution < 1.29 is 4.79 Å². The highest BCUT2D eigenvalue weighted by Crippen LogP contribution is 2.27. The van der Waals surface area contributed by atoms with E-state index in [0.717, 1.165) is 35.6 Å². The van der Waals surface area contributed by atoms with Gasteiger partial charge in [-0.25, -0.2) is 0 Å². The van der Waals surface area contributed by atoms with E-state index >= 15 is 0 Å². The molecule has 0 spiro atoms. The van der Waals surface area contributed by atoms with Crippen LogP contribution >= 0.6 is 11.8 Å². The molecular formula is C22H34N2OS. The third kappa shape index (κ3) is 6.31. The van der Waals surface area contributed by atoms with E-state index in [-0.39, 0.29) is 5.91 Å². The summed E-state index contributed by atoms with van der Waals surface area (Å²) in [5.41, 5.74) is 2.09. The fourth-order valence-corrected chi connectivity index (χ4v) is 5.39. The first kappa shape index (κ1) is 19.8. The standard InChI is InChI=1S/C22H34N2OS/c1-18-6-5-14-24(16-18)17-19-9-11-20(12-10-19)22(25)23-13-15-26-21-7-3-2-4-8-21/h9-12,18,21H,2-8,13-17H2,1H3,(H,23,25). The Morgan fingerprint density at radius 2 is 1.88 bits per heavy atom. The molecule has 1 aliphatic carbocycles. The fourth-order valence-electron chi connectivity index (χ4n) is 4.17. The number of carbonyl (C=O) groups is 1. The van der Waals surface area contributed by atoms with E-state index in [0.29, 0.717) is 0 Å². The maximum absolute atomic E-state index is 12.3. The summed E-state index contributed by atoms with van der Waals surface area (Å²) >= 11 is 2.04. The SMILES string of the molecule is CC1CCCN(Cc2ccc(C(=O)NCCSC3CCCCC3)cc2)C1. The summed E-state index contributed by atoms with van der Waals surface area (Å²) in [6.45, 7) is 6.51. The molecule has 0 radical (unpaired) electrons. The van der Waals surface area contributed by atoms with Crippen LogP contribution in [0.4, 0.5) is 0 Å². The monoisotopic (exact) mass is 374 g/mol. The van der Waals surface area contributed by atoms with Crippen LogP contribution in [0.2, 0.25) is 0 Å². The third-order valence-corrected chi connectivity index (χ3v) is 7.04. The van der Waals surface area contributed by atoms with Crippen LogP contribution in [0.15, 0.2) is 24.3 Å². The van der Waals surface area contributed by atoms with E-state index in [1.54, 1.807) is 0 Å². The minimum absolute atomic E-state index is 0.0624. The Morgan fingerprint density at radius 1 is 1.12 bits per heavy atom. The number of hydrogen-bond donors (Lipinski definition) is 1. The molecule has 1 saturated carbocycles. The number of piperidine rings is 1. The molecule has 3 rings (SSSR count). The van der Waals surface area contributed by atoms with Crippen molar-refractivity contribution in [1.29, 1.82) is 0 Å². The van der Waals surface area contributed by atoms with Crippen molar-refractivity contribution in [3.63, 3.8) is 0 Å². The predicted molar refractivity (Wildman–Crippen MR) is 112 cm³/mol. The van der Waals surface area contributed by atoms with Crippen molar-refractivity contribution in [3.05, 3.63) is 35.4 Å². The van der Waals surface area contributed by atoms with Crippen molar-refractivity contribution in [2.75, 3.05) is 25.4 Å². The molecule has 1 amide bonds. The minimum atomic E-state index is 0.0624. The molecule has 0 bridgehead atoms. The number of rotatable bonds is 7. The molecule has 1 aliphatic heterocycles. The second-order valence-corrected chi connectivity index (χ2v) is 9.47. The third-order valence-electron chi connectivity index (χ3n) is 5.66. The molecule has 1 N–H and O–H groups in total. The Balaban J connectivity index is 1.37. The number of likely N-dealkylation sites (tertiary alicyclic amines) is 1. The molecule has 0 aromatic heterocycles. The van der Waals surface area contributed by atoms with E-state index in [2.05, 4.69) is 29.3 Å². The van der Waals surface area contributed by atoms with Gasteiger partial charge in [-0.2, -0.15) is 11.8 Å². The van der Waals surface area contributed by atoms with Crippen molar-refractivity contribution in [2.24, 2.45) is 5.92 Å². The van der Waals surface area contributed by atoms with Crippen LogP contribution in [0.1, 0.15) is 67.8 Å². The minimum Gasteiger partial charge on any atom is -0.351 e. The zero-order chi connectivity index (χ0) is 18.2. The summed E-state index contributed by atoms with van der Waals surface area (Å²) in [5, 5.41) is 3.89. The van der Waals surface area contributed by atoms with Crippen molar-refractivity contribution in [2.45, 2.75) is 63.7 Å². The van der Waals surface area contributed by atoms with Crippen LogP contribution in [-0.2, 0) is 6.54 Å². The molecule has 26 heavy (non-hydrogen) atoms. The number of thioether (sulfide) groups is 1. The molecule has 3 nitrogen and oxygen atoms in total. The average Bonchev–Trinajstić information content (AvgIpc) is 2.66. The van der Waals surface area contributed by atoms with Crippen LogP contribution in [0, 0.1) is 5.92 Å². The Morgan fingerprint density at radius 3 is 2.62 bits per heavy atom. The van der Waals surface area contributed by atoms with Gasteiger partial charge in [-0.1, -0.05) is 38.3 Å². The normalized spacial score (nSPS) is 22.3. The van der Waals surface area contributed by atoms with Gasteiger partial charge in [-0.05, 0) is 55.8 Å². The fraction of sp³-hybridized carbons (Fsp3) is 0.682. The highest BCUT2D eigenvalue weighted by molar-refractivity contribution is 7.99. The van der Waals surface area contributed by atoms with Crippen LogP contribution in [0.5, 0.6) is 0 Å². The second kappa shape index (κ2) is 10.4. The van der Waals surface area contributed by atoms with Gasteiger partial charge in [0.25, 0.3) is 5.91 Å². The van der Waals surface area contributed by atoms with Crippen LogP contribution in [0.25, 0.3) is 0 Å². The lowest BCUT2D eigenvalue weighted by Gasteiger charge is -2.30. The molecule has 1 atom stereocenters. The number of hydrogen-bond acceptors (Lipinski definition) is 3. The molecule has 1 aromatic rings. The maximum Gasteiger partial charge on any atom is 0.251 e. The lowest BCUT2D eigenvalue weighted by Crippen LogP contribution is -2.33. The zero-order valence-electron chi connectivity index (χ0n) is 16.2. The molecule has 1 unspecified atom stereocenters. The van der Waals surface area contributed by atoms with Crippen LogP contribution in [0.3, 0.4) is 0 Å². The van der Waals surface area contributed by atoms with Crippen LogP contribution in [-0.4, -0.2) is 41.4 Å². The quantitative estimate of drug-likeness (QED) is 0.701. The van der Waals surface area contributed by atoms with E-state index in [4.69, 9.17) is 0 Å². The Kier molecular flexibility index (Phi) is 7.87. The van der Waals surface area contributed by atoms with E-state index in [1.807, 2.05) is 23.9 Å².